The van der Waals surface area contributed by atoms with Gasteiger partial charge in [0.05, 0.1) is 18.1 Å². The van der Waals surface area contributed by atoms with E-state index in [2.05, 4.69) is 95.9 Å². The lowest BCUT2D eigenvalue weighted by Gasteiger charge is -2.49. The maximum absolute atomic E-state index is 13.4. The summed E-state index contributed by atoms with van der Waals surface area (Å²) in [6.45, 7) is 1.21. The number of nitrogens with zero attached hydrogens (tertiary/aromatic N) is 2. The highest BCUT2D eigenvalue weighted by molar-refractivity contribution is 5.94. The van der Waals surface area contributed by atoms with E-state index < -0.39 is 5.54 Å². The summed E-state index contributed by atoms with van der Waals surface area (Å²) in [6, 6.07) is 42.3. The van der Waals surface area contributed by atoms with Crippen LogP contribution < -0.4 is 4.90 Å². The van der Waals surface area contributed by atoms with Gasteiger partial charge in [0.1, 0.15) is 6.73 Å². The van der Waals surface area contributed by atoms with Crippen molar-refractivity contribution in [3.63, 3.8) is 0 Å². The van der Waals surface area contributed by atoms with Gasteiger partial charge in [0.2, 0.25) is 5.91 Å². The molecule has 0 radical (unpaired) electrons. The average Bonchev–Trinajstić information content (AvgIpc) is 3.46. The molecule has 37 heavy (non-hydrogen) atoms. The van der Waals surface area contributed by atoms with Crippen LogP contribution in [-0.4, -0.2) is 36.2 Å². The third-order valence-electron chi connectivity index (χ3n) is 7.90. The van der Waals surface area contributed by atoms with Crippen molar-refractivity contribution in [1.29, 1.82) is 0 Å². The first kappa shape index (κ1) is 23.7. The zero-order valence-corrected chi connectivity index (χ0v) is 20.9. The summed E-state index contributed by atoms with van der Waals surface area (Å²) in [4.78, 5) is 17.7. The molecule has 0 N–H and O–H groups in total. The molecule has 4 heteroatoms. The zero-order chi connectivity index (χ0) is 25.1. The number of benzene rings is 4. The fourth-order valence-electron chi connectivity index (χ4n) is 6.29. The monoisotopic (exact) mass is 488 g/mol. The molecule has 4 aromatic rings. The van der Waals surface area contributed by atoms with E-state index in [0.29, 0.717) is 6.42 Å². The summed E-state index contributed by atoms with van der Waals surface area (Å²) in [6.07, 6.45) is 2.28. The molecule has 0 bridgehead atoms. The molecule has 2 aliphatic rings. The predicted molar refractivity (Wildman–Crippen MR) is 147 cm³/mol. The average molecular weight is 489 g/mol. The van der Waals surface area contributed by atoms with Crippen LogP contribution >= 0.6 is 0 Å². The number of anilines is 1. The zero-order valence-electron chi connectivity index (χ0n) is 20.9. The molecule has 2 heterocycles. The number of carbonyl (C=O) groups is 1. The van der Waals surface area contributed by atoms with Crippen LogP contribution in [-0.2, 0) is 15.1 Å². The fraction of sp³-hybridized carbons (Fsp3) is 0.242. The lowest BCUT2D eigenvalue weighted by molar-refractivity contribution is -0.131. The van der Waals surface area contributed by atoms with Crippen molar-refractivity contribution < 1.29 is 9.53 Å². The molecular weight excluding hydrogens is 456 g/mol. The number of hydrogen-bond acceptors (Lipinski definition) is 3. The Labute approximate surface area is 219 Å². The van der Waals surface area contributed by atoms with Gasteiger partial charge < -0.3 is 4.74 Å². The Bertz CT molecular complexity index is 1220. The Hall–Kier alpha value is -3.73. The number of ether oxygens (including phenoxy) is 1. The van der Waals surface area contributed by atoms with Crippen LogP contribution in [0.15, 0.2) is 121 Å². The van der Waals surface area contributed by atoms with Crippen LogP contribution in [0.25, 0.3) is 0 Å². The lowest BCUT2D eigenvalue weighted by Crippen LogP contribution is -2.57. The molecule has 0 aliphatic carbocycles. The standard InChI is InChI=1S/C33H32N2O2/c36-32-24-31(37-25-34(32)29-20-11-4-12-21-29)30-22-13-23-35(30)33(26-14-5-1-6-15-26,27-16-7-2-8-17-27)28-18-9-3-10-19-28/h1-12,14-21,30-31H,13,22-25H2/t30-,31+/m1/s1. The smallest absolute Gasteiger partial charge is 0.231 e. The van der Waals surface area contributed by atoms with E-state index in [1.165, 1.54) is 16.7 Å². The lowest BCUT2D eigenvalue weighted by atomic mass is 9.74. The second-order valence-corrected chi connectivity index (χ2v) is 9.91. The minimum Gasteiger partial charge on any atom is -0.355 e. The van der Waals surface area contributed by atoms with E-state index in [1.807, 2.05) is 30.3 Å². The van der Waals surface area contributed by atoms with Crippen molar-refractivity contribution >= 4 is 11.6 Å². The van der Waals surface area contributed by atoms with Gasteiger partial charge in [0.15, 0.2) is 0 Å². The Morgan fingerprint density at radius 2 is 1.16 bits per heavy atom. The summed E-state index contributed by atoms with van der Waals surface area (Å²) in [5, 5.41) is 0. The van der Waals surface area contributed by atoms with Crippen LogP contribution in [0.5, 0.6) is 0 Å². The van der Waals surface area contributed by atoms with Crippen molar-refractivity contribution in [2.24, 2.45) is 0 Å². The molecule has 4 aromatic carbocycles. The van der Waals surface area contributed by atoms with Crippen LogP contribution in [0, 0.1) is 0 Å². The molecule has 186 valence electrons. The van der Waals surface area contributed by atoms with E-state index >= 15 is 0 Å². The van der Waals surface area contributed by atoms with Crippen molar-refractivity contribution in [2.75, 3.05) is 18.2 Å². The number of hydrogen-bond donors (Lipinski definition) is 0. The second-order valence-electron chi connectivity index (χ2n) is 9.91. The number of amides is 1. The fourth-order valence-corrected chi connectivity index (χ4v) is 6.29. The van der Waals surface area contributed by atoms with Crippen LogP contribution in [0.2, 0.25) is 0 Å². The van der Waals surface area contributed by atoms with Gasteiger partial charge in [-0.3, -0.25) is 14.6 Å². The first-order valence-electron chi connectivity index (χ1n) is 13.2. The molecule has 2 saturated heterocycles. The van der Waals surface area contributed by atoms with Gasteiger partial charge in [0.25, 0.3) is 0 Å². The quantitative estimate of drug-likeness (QED) is 0.302. The third-order valence-corrected chi connectivity index (χ3v) is 7.90. The normalized spacial score (nSPS) is 20.8. The molecule has 0 saturated carbocycles. The summed E-state index contributed by atoms with van der Waals surface area (Å²) >= 11 is 0. The third kappa shape index (κ3) is 4.26. The van der Waals surface area contributed by atoms with Gasteiger partial charge in [-0.25, -0.2) is 0 Å². The Balaban J connectivity index is 1.42. The highest BCUT2D eigenvalue weighted by Crippen LogP contribution is 2.47. The summed E-state index contributed by atoms with van der Waals surface area (Å²) in [5.41, 5.74) is 4.09. The van der Waals surface area contributed by atoms with E-state index in [0.717, 1.165) is 25.1 Å². The van der Waals surface area contributed by atoms with Gasteiger partial charge in [-0.15, -0.1) is 0 Å². The van der Waals surface area contributed by atoms with Crippen molar-refractivity contribution in [2.45, 2.75) is 36.9 Å². The second kappa shape index (κ2) is 10.3. The number of likely N-dealkylation sites (tertiary alicyclic amines) is 1. The summed E-state index contributed by atoms with van der Waals surface area (Å²) in [7, 11) is 0. The van der Waals surface area contributed by atoms with E-state index in [4.69, 9.17) is 4.74 Å². The van der Waals surface area contributed by atoms with Crippen molar-refractivity contribution in [3.05, 3.63) is 138 Å². The maximum atomic E-state index is 13.4. The molecule has 4 nitrogen and oxygen atoms in total. The van der Waals surface area contributed by atoms with Crippen LogP contribution in [0.1, 0.15) is 36.0 Å². The Morgan fingerprint density at radius 3 is 1.65 bits per heavy atom. The Kier molecular flexibility index (Phi) is 6.60. The van der Waals surface area contributed by atoms with Crippen molar-refractivity contribution in [1.82, 2.24) is 4.90 Å². The minimum atomic E-state index is -0.492. The molecule has 0 spiro atoms. The molecule has 0 aromatic heterocycles. The predicted octanol–water partition coefficient (Wildman–Crippen LogP) is 6.22. The van der Waals surface area contributed by atoms with E-state index in [1.54, 1.807) is 4.90 Å². The van der Waals surface area contributed by atoms with E-state index in [9.17, 15) is 4.79 Å². The van der Waals surface area contributed by atoms with E-state index in [-0.39, 0.29) is 24.8 Å². The highest BCUT2D eigenvalue weighted by Gasteiger charge is 2.50. The summed E-state index contributed by atoms with van der Waals surface area (Å²) < 4.78 is 6.50. The molecule has 2 fully saturated rings. The van der Waals surface area contributed by atoms with Gasteiger partial charge in [-0.05, 0) is 41.7 Å². The SMILES string of the molecule is O=C1C[C@@H]([C@H]2CCCN2C(c2ccccc2)(c2ccccc2)c2ccccc2)OCN1c1ccccc1. The minimum absolute atomic E-state index is 0.113. The van der Waals surface area contributed by atoms with Gasteiger partial charge in [-0.1, -0.05) is 109 Å². The first-order chi connectivity index (χ1) is 18.3. The Morgan fingerprint density at radius 1 is 0.676 bits per heavy atom. The van der Waals surface area contributed by atoms with Gasteiger partial charge in [0, 0.05) is 18.3 Å². The molecule has 1 amide bonds. The maximum Gasteiger partial charge on any atom is 0.231 e. The first-order valence-corrected chi connectivity index (χ1v) is 13.2. The molecular formula is C33H32N2O2. The number of carbonyl (C=O) groups excluding carboxylic acids is 1. The molecule has 2 aliphatic heterocycles. The van der Waals surface area contributed by atoms with Crippen molar-refractivity contribution in [3.8, 4) is 0 Å². The molecule has 6 rings (SSSR count). The highest BCUT2D eigenvalue weighted by atomic mass is 16.5. The van der Waals surface area contributed by atoms with Gasteiger partial charge in [-0.2, -0.15) is 0 Å². The number of para-hydroxylation sites is 1. The van der Waals surface area contributed by atoms with Gasteiger partial charge >= 0.3 is 0 Å². The molecule has 0 unspecified atom stereocenters. The molecule has 2 atom stereocenters. The van der Waals surface area contributed by atoms with Crippen LogP contribution in [0.3, 0.4) is 0 Å². The van der Waals surface area contributed by atoms with Crippen LogP contribution in [0.4, 0.5) is 5.69 Å². The number of rotatable bonds is 6. The largest absolute Gasteiger partial charge is 0.355 e. The summed E-state index contributed by atoms with van der Waals surface area (Å²) in [5.74, 6) is 0.124. The topological polar surface area (TPSA) is 32.8 Å².